The molecule has 0 saturated heterocycles. The number of rotatable bonds is 1. The minimum Gasteiger partial charge on any atom is -0.416 e. The molecule has 0 spiro atoms. The zero-order chi connectivity index (χ0) is 6.69. The van der Waals surface area contributed by atoms with Crippen LogP contribution in [0.2, 0.25) is 0 Å². The quantitative estimate of drug-likeness (QED) is 0.538. The van der Waals surface area contributed by atoms with Gasteiger partial charge in [0.1, 0.15) is 0 Å². The van der Waals surface area contributed by atoms with Gasteiger partial charge < -0.3 is 9.53 Å². The molecule has 0 aromatic rings. The molecule has 2 nitrogen and oxygen atoms in total. The molecule has 0 unspecified atom stereocenters. The Morgan fingerprint density at radius 3 is 2.22 bits per heavy atom. The fourth-order valence-corrected chi connectivity index (χ4v) is 1.40. The third-order valence-electron chi connectivity index (χ3n) is 1.81. The molecule has 3 heteroatoms. The lowest BCUT2D eigenvalue weighted by Gasteiger charge is -2.23. The predicted molar refractivity (Wildman–Crippen MR) is 35.1 cm³/mol. The zero-order valence-corrected chi connectivity index (χ0v) is 6.34. The average Bonchev–Trinajstić information content (AvgIpc) is 1.90. The van der Waals surface area contributed by atoms with Crippen molar-refractivity contribution in [3.8, 4) is 0 Å². The maximum Gasteiger partial charge on any atom is 0.246 e. The molecule has 1 rings (SSSR count). The Morgan fingerprint density at radius 2 is 1.78 bits per heavy atom. The van der Waals surface area contributed by atoms with Gasteiger partial charge in [-0.2, -0.15) is 0 Å². The van der Waals surface area contributed by atoms with Crippen LogP contribution in [0, 0.1) is 0 Å². The molecule has 0 aliphatic heterocycles. The highest BCUT2D eigenvalue weighted by Gasteiger charge is 2.17. The molecule has 0 heterocycles. The fraction of sp³-hybridized carbons (Fsp3) is 1.00. The van der Waals surface area contributed by atoms with Crippen molar-refractivity contribution in [3.05, 3.63) is 0 Å². The molecule has 0 aromatic heterocycles. The summed E-state index contributed by atoms with van der Waals surface area (Å²) in [5.41, 5.74) is 0. The number of aliphatic hydroxyl groups excluding tert-OH is 1. The van der Waals surface area contributed by atoms with Crippen LogP contribution < -0.4 is 0 Å². The summed E-state index contributed by atoms with van der Waals surface area (Å²) in [4.78, 5) is 0. The second-order valence-electron chi connectivity index (χ2n) is 2.55. The Balaban J connectivity index is 2.18. The second kappa shape index (κ2) is 3.34. The van der Waals surface area contributed by atoms with Crippen molar-refractivity contribution in [2.24, 2.45) is 0 Å². The van der Waals surface area contributed by atoms with Gasteiger partial charge in [0.2, 0.25) is 10.5 Å². The molecule has 1 N–H and O–H groups in total. The van der Waals surface area contributed by atoms with Gasteiger partial charge >= 0.3 is 0 Å². The first-order valence-electron chi connectivity index (χ1n) is 3.33. The number of hydrogen-bond donors (Lipinski definition) is 1. The fourth-order valence-electron chi connectivity index (χ4n) is 1.16. The van der Waals surface area contributed by atoms with Gasteiger partial charge in [0.05, 0.1) is 6.10 Å². The second-order valence-corrected chi connectivity index (χ2v) is 2.78. The topological polar surface area (TPSA) is 29.5 Å². The van der Waals surface area contributed by atoms with Crippen molar-refractivity contribution >= 4 is 10.5 Å². The van der Waals surface area contributed by atoms with Gasteiger partial charge in [-0.3, -0.25) is 0 Å². The zero-order valence-electron chi connectivity index (χ0n) is 5.34. The lowest BCUT2D eigenvalue weighted by atomic mass is 9.95. The normalized spacial score (nSPS) is 36.7. The first-order valence-corrected chi connectivity index (χ1v) is 3.74. The van der Waals surface area contributed by atoms with E-state index in [4.69, 9.17) is 9.53 Å². The van der Waals surface area contributed by atoms with Crippen LogP contribution in [0.1, 0.15) is 25.7 Å². The van der Waals surface area contributed by atoms with E-state index in [1.54, 1.807) is 0 Å². The minimum atomic E-state index is -0.0805. The molecule has 9 heavy (non-hydrogen) atoms. The molecule has 1 aliphatic carbocycles. The van der Waals surface area contributed by atoms with Crippen LogP contribution in [0.5, 0.6) is 0 Å². The van der Waals surface area contributed by atoms with E-state index in [1.807, 2.05) is 0 Å². The van der Waals surface area contributed by atoms with E-state index >= 15 is 0 Å². The van der Waals surface area contributed by atoms with Crippen LogP contribution in [-0.4, -0.2) is 27.8 Å². The van der Waals surface area contributed by atoms with E-state index in [1.165, 1.54) is 0 Å². The highest BCUT2D eigenvalue weighted by Crippen LogP contribution is 2.19. The molecule has 0 amide bonds. The summed E-state index contributed by atoms with van der Waals surface area (Å²) in [7, 11) is 2.99. The van der Waals surface area contributed by atoms with Gasteiger partial charge in [-0.15, -0.1) is 0 Å². The molecule has 1 fully saturated rings. The highest BCUT2D eigenvalue weighted by molar-refractivity contribution is 5.98. The third kappa shape index (κ3) is 2.08. The molecular formula is C6H11O2Si. The summed E-state index contributed by atoms with van der Waals surface area (Å²) in [5, 5.41) is 9.05. The van der Waals surface area contributed by atoms with E-state index in [-0.39, 0.29) is 6.10 Å². The Kier molecular flexibility index (Phi) is 2.69. The van der Waals surface area contributed by atoms with E-state index < -0.39 is 0 Å². The van der Waals surface area contributed by atoms with E-state index in [9.17, 15) is 0 Å². The molecule has 0 aromatic carbocycles. The summed E-state index contributed by atoms with van der Waals surface area (Å²) in [6.45, 7) is 0. The van der Waals surface area contributed by atoms with Crippen molar-refractivity contribution in [2.45, 2.75) is 37.9 Å². The third-order valence-corrected chi connectivity index (χ3v) is 2.14. The predicted octanol–water partition coefficient (Wildman–Crippen LogP) is 0.390. The van der Waals surface area contributed by atoms with Gasteiger partial charge in [-0.05, 0) is 25.7 Å². The van der Waals surface area contributed by atoms with Crippen LogP contribution in [-0.2, 0) is 4.43 Å². The van der Waals surface area contributed by atoms with E-state index in [2.05, 4.69) is 10.5 Å². The summed E-state index contributed by atoms with van der Waals surface area (Å²) in [6.07, 6.45) is 3.97. The Labute approximate surface area is 58.8 Å². The molecule has 0 bridgehead atoms. The van der Waals surface area contributed by atoms with Crippen molar-refractivity contribution < 1.29 is 9.53 Å². The van der Waals surface area contributed by atoms with Gasteiger partial charge in [0.15, 0.2) is 0 Å². The van der Waals surface area contributed by atoms with Crippen molar-refractivity contribution in [1.29, 1.82) is 0 Å². The summed E-state index contributed by atoms with van der Waals surface area (Å²) < 4.78 is 4.93. The van der Waals surface area contributed by atoms with Crippen LogP contribution in [0.3, 0.4) is 0 Å². The Bertz CT molecular complexity index is 79.1. The van der Waals surface area contributed by atoms with Crippen molar-refractivity contribution in [1.82, 2.24) is 0 Å². The largest absolute Gasteiger partial charge is 0.416 e. The van der Waals surface area contributed by atoms with Crippen molar-refractivity contribution in [3.63, 3.8) is 0 Å². The molecule has 3 radical (unpaired) electrons. The molecule has 51 valence electrons. The molecular weight excluding hydrogens is 132 g/mol. The van der Waals surface area contributed by atoms with Gasteiger partial charge in [0, 0.05) is 6.10 Å². The highest BCUT2D eigenvalue weighted by atomic mass is 28.2. The maximum atomic E-state index is 9.05. The lowest BCUT2D eigenvalue weighted by Crippen LogP contribution is -2.23. The standard InChI is InChI=1S/C6H11O2Si/c7-5-1-3-6(8-9)4-2-5/h5-7H,1-4H2. The average molecular weight is 143 g/mol. The first-order chi connectivity index (χ1) is 4.33. The monoisotopic (exact) mass is 143 g/mol. The lowest BCUT2D eigenvalue weighted by molar-refractivity contribution is 0.0710. The number of aliphatic hydroxyl groups is 1. The van der Waals surface area contributed by atoms with E-state index in [0.29, 0.717) is 6.10 Å². The molecule has 1 aliphatic rings. The van der Waals surface area contributed by atoms with Crippen molar-refractivity contribution in [2.75, 3.05) is 0 Å². The van der Waals surface area contributed by atoms with Gasteiger partial charge in [0.25, 0.3) is 0 Å². The SMILES string of the molecule is OC1CCC(O[Si])CC1. The maximum absolute atomic E-state index is 9.05. The molecule has 1 saturated carbocycles. The number of hydrogen-bond acceptors (Lipinski definition) is 2. The first kappa shape index (κ1) is 7.25. The van der Waals surface area contributed by atoms with Crippen LogP contribution in [0.4, 0.5) is 0 Å². The van der Waals surface area contributed by atoms with Crippen LogP contribution in [0.25, 0.3) is 0 Å². The smallest absolute Gasteiger partial charge is 0.246 e. The van der Waals surface area contributed by atoms with E-state index in [0.717, 1.165) is 25.7 Å². The Morgan fingerprint density at radius 1 is 1.22 bits per heavy atom. The van der Waals surface area contributed by atoms with Gasteiger partial charge in [-0.25, -0.2) is 0 Å². The Hall–Kier alpha value is 0.137. The summed E-state index contributed by atoms with van der Waals surface area (Å²) >= 11 is 0. The molecule has 0 atom stereocenters. The summed E-state index contributed by atoms with van der Waals surface area (Å²) in [6, 6.07) is 0. The minimum absolute atomic E-state index is 0.0805. The summed E-state index contributed by atoms with van der Waals surface area (Å²) in [5.74, 6) is 0. The van der Waals surface area contributed by atoms with Crippen LogP contribution in [0.15, 0.2) is 0 Å². The van der Waals surface area contributed by atoms with Gasteiger partial charge in [-0.1, -0.05) is 0 Å². The van der Waals surface area contributed by atoms with Crippen LogP contribution >= 0.6 is 0 Å².